The van der Waals surface area contributed by atoms with Crippen molar-refractivity contribution in [2.24, 2.45) is 11.8 Å². The van der Waals surface area contributed by atoms with Gasteiger partial charge in [-0.2, -0.15) is 0 Å². The van der Waals surface area contributed by atoms with Crippen LogP contribution in [0.1, 0.15) is 34.6 Å². The van der Waals surface area contributed by atoms with Crippen LogP contribution in [0, 0.1) is 11.8 Å². The molecule has 2 atom stereocenters. The Morgan fingerprint density at radius 1 is 0.692 bits per heavy atom. The summed E-state index contributed by atoms with van der Waals surface area (Å²) in [6.45, 7) is 24.1. The highest BCUT2D eigenvalue weighted by Crippen LogP contribution is 2.30. The monoisotopic (exact) mass is 419 g/mol. The minimum absolute atomic E-state index is 0.716. The van der Waals surface area contributed by atoms with Crippen LogP contribution in [0.4, 0.5) is 0 Å². The van der Waals surface area contributed by atoms with E-state index in [1.165, 1.54) is 43.3 Å². The summed E-state index contributed by atoms with van der Waals surface area (Å²) in [5.74, 6) is 1.43. The van der Waals surface area contributed by atoms with Crippen molar-refractivity contribution < 1.29 is 8.85 Å². The van der Waals surface area contributed by atoms with Gasteiger partial charge in [0.25, 0.3) is 0 Å². The molecule has 0 rings (SSSR count). The van der Waals surface area contributed by atoms with Gasteiger partial charge in [-0.15, -0.1) is 0 Å². The standard InChI is InChI=1S/C20H49NO2Si3/c1-12-26(13-2,14-3)21(15-19(4)17-24(8,9)22-6)16-20(5)18-25(10,11)23-7/h19-20H,12-18H2,1-11H3. The summed E-state index contributed by atoms with van der Waals surface area (Å²) < 4.78 is 14.6. The molecule has 0 saturated carbocycles. The summed E-state index contributed by atoms with van der Waals surface area (Å²) in [7, 11) is -0.567. The first-order valence-electron chi connectivity index (χ1n) is 10.8. The summed E-state index contributed by atoms with van der Waals surface area (Å²) in [5.41, 5.74) is 0. The van der Waals surface area contributed by atoms with Gasteiger partial charge >= 0.3 is 0 Å². The van der Waals surface area contributed by atoms with Crippen LogP contribution >= 0.6 is 0 Å². The van der Waals surface area contributed by atoms with Crippen LogP contribution in [0.3, 0.4) is 0 Å². The average Bonchev–Trinajstić information content (AvgIpc) is 2.55. The van der Waals surface area contributed by atoms with E-state index in [-0.39, 0.29) is 0 Å². The van der Waals surface area contributed by atoms with Crippen molar-refractivity contribution in [3.05, 3.63) is 0 Å². The Kier molecular flexibility index (Phi) is 11.7. The zero-order chi connectivity index (χ0) is 20.6. The molecule has 0 saturated heterocycles. The van der Waals surface area contributed by atoms with Gasteiger partial charge in [-0.3, -0.25) is 0 Å². The van der Waals surface area contributed by atoms with Crippen molar-refractivity contribution in [2.75, 3.05) is 27.3 Å². The minimum Gasteiger partial charge on any atom is -0.420 e. The van der Waals surface area contributed by atoms with E-state index < -0.39 is 24.9 Å². The van der Waals surface area contributed by atoms with Crippen molar-refractivity contribution in [1.29, 1.82) is 0 Å². The van der Waals surface area contributed by atoms with E-state index in [1.807, 2.05) is 14.2 Å². The topological polar surface area (TPSA) is 21.7 Å². The second-order valence-electron chi connectivity index (χ2n) is 9.74. The maximum absolute atomic E-state index is 5.84. The smallest absolute Gasteiger partial charge is 0.186 e. The molecule has 0 bridgehead atoms. The molecule has 0 N–H and O–H groups in total. The summed E-state index contributed by atoms with van der Waals surface area (Å²) in [6.07, 6.45) is 0. The predicted molar refractivity (Wildman–Crippen MR) is 126 cm³/mol. The Bertz CT molecular complexity index is 353. The first-order valence-corrected chi connectivity index (χ1v) is 19.6. The van der Waals surface area contributed by atoms with Crippen molar-refractivity contribution in [3.63, 3.8) is 0 Å². The molecule has 0 radical (unpaired) electrons. The molecule has 0 spiro atoms. The van der Waals surface area contributed by atoms with Crippen LogP contribution in [-0.2, 0) is 8.85 Å². The van der Waals surface area contributed by atoms with Crippen LogP contribution in [0.2, 0.25) is 56.4 Å². The molecular formula is C20H49NO2Si3. The molecule has 0 aromatic carbocycles. The van der Waals surface area contributed by atoms with Crippen LogP contribution in [0.15, 0.2) is 0 Å². The lowest BCUT2D eigenvalue weighted by Crippen LogP contribution is -2.55. The molecule has 0 aromatic heterocycles. The molecule has 0 amide bonds. The van der Waals surface area contributed by atoms with Gasteiger partial charge in [0, 0.05) is 14.2 Å². The van der Waals surface area contributed by atoms with E-state index in [0.717, 1.165) is 0 Å². The Morgan fingerprint density at radius 2 is 1.00 bits per heavy atom. The fourth-order valence-electron chi connectivity index (χ4n) is 4.61. The van der Waals surface area contributed by atoms with Gasteiger partial charge in [-0.1, -0.05) is 34.6 Å². The Hall–Kier alpha value is 0.531. The molecule has 0 aliphatic heterocycles. The predicted octanol–water partition coefficient (Wildman–Crippen LogP) is 6.27. The minimum atomic E-state index is -1.51. The molecule has 26 heavy (non-hydrogen) atoms. The highest BCUT2D eigenvalue weighted by Gasteiger charge is 2.37. The average molecular weight is 420 g/mol. The molecular weight excluding hydrogens is 370 g/mol. The Labute approximate surface area is 168 Å². The SMILES string of the molecule is CC[Si](CC)(CC)N(CC(C)C[Si](C)(C)OC)CC(C)C[Si](C)(C)OC. The van der Waals surface area contributed by atoms with Gasteiger partial charge in [0.2, 0.25) is 0 Å². The number of rotatable bonds is 14. The van der Waals surface area contributed by atoms with E-state index in [9.17, 15) is 0 Å². The maximum Gasteiger partial charge on any atom is 0.186 e. The van der Waals surface area contributed by atoms with Gasteiger partial charge in [0.15, 0.2) is 16.6 Å². The second-order valence-corrected chi connectivity index (χ2v) is 23.6. The lowest BCUT2D eigenvalue weighted by atomic mass is 10.2. The number of hydrogen-bond acceptors (Lipinski definition) is 3. The highest BCUT2D eigenvalue weighted by molar-refractivity contribution is 6.77. The highest BCUT2D eigenvalue weighted by atomic mass is 28.4. The number of hydrogen-bond donors (Lipinski definition) is 0. The third-order valence-electron chi connectivity index (χ3n) is 6.49. The quantitative estimate of drug-likeness (QED) is 0.310. The third-order valence-corrected chi connectivity index (χ3v) is 17.7. The van der Waals surface area contributed by atoms with E-state index in [2.05, 4.69) is 65.4 Å². The summed E-state index contributed by atoms with van der Waals surface area (Å²) in [5, 5.41) is 0. The van der Waals surface area contributed by atoms with Gasteiger partial charge in [-0.25, -0.2) is 0 Å². The molecule has 3 nitrogen and oxygen atoms in total. The first-order chi connectivity index (χ1) is 11.9. The van der Waals surface area contributed by atoms with E-state index in [4.69, 9.17) is 8.85 Å². The first kappa shape index (κ1) is 26.5. The molecule has 2 unspecified atom stereocenters. The van der Waals surface area contributed by atoms with Crippen molar-refractivity contribution in [3.8, 4) is 0 Å². The lowest BCUT2D eigenvalue weighted by molar-refractivity contribution is 0.307. The van der Waals surface area contributed by atoms with Gasteiger partial charge < -0.3 is 13.4 Å². The van der Waals surface area contributed by atoms with E-state index in [1.54, 1.807) is 0 Å². The normalized spacial score (nSPS) is 16.2. The van der Waals surface area contributed by atoms with Crippen molar-refractivity contribution in [1.82, 2.24) is 4.57 Å². The van der Waals surface area contributed by atoms with Crippen molar-refractivity contribution >= 4 is 24.9 Å². The molecule has 0 heterocycles. The van der Waals surface area contributed by atoms with Crippen LogP contribution in [0.5, 0.6) is 0 Å². The summed E-state index contributed by atoms with van der Waals surface area (Å²) >= 11 is 0. The fourth-order valence-corrected chi connectivity index (χ4v) is 12.8. The third kappa shape index (κ3) is 8.69. The largest absolute Gasteiger partial charge is 0.420 e. The van der Waals surface area contributed by atoms with E-state index in [0.29, 0.717) is 11.8 Å². The Balaban J connectivity index is 5.30. The van der Waals surface area contributed by atoms with Crippen LogP contribution in [-0.4, -0.2) is 56.7 Å². The molecule has 0 aliphatic rings. The molecule has 158 valence electrons. The Morgan fingerprint density at radius 3 is 1.23 bits per heavy atom. The molecule has 0 aliphatic carbocycles. The fraction of sp³-hybridized carbons (Fsp3) is 1.00. The zero-order valence-corrected chi connectivity index (χ0v) is 22.9. The van der Waals surface area contributed by atoms with Gasteiger partial charge in [0.1, 0.15) is 8.24 Å². The molecule has 6 heteroatoms. The van der Waals surface area contributed by atoms with Gasteiger partial charge in [0.05, 0.1) is 0 Å². The lowest BCUT2D eigenvalue weighted by Gasteiger charge is -2.44. The second kappa shape index (κ2) is 11.5. The van der Waals surface area contributed by atoms with Crippen LogP contribution in [0.25, 0.3) is 0 Å². The molecule has 0 aromatic rings. The summed E-state index contributed by atoms with van der Waals surface area (Å²) in [6, 6.07) is 6.63. The molecule has 0 fully saturated rings. The number of nitrogens with zero attached hydrogens (tertiary/aromatic N) is 1. The summed E-state index contributed by atoms with van der Waals surface area (Å²) in [4.78, 5) is 0. The zero-order valence-electron chi connectivity index (χ0n) is 19.9. The van der Waals surface area contributed by atoms with Crippen LogP contribution < -0.4 is 0 Å². The van der Waals surface area contributed by atoms with Gasteiger partial charge in [-0.05, 0) is 81.3 Å². The maximum atomic E-state index is 5.84. The van der Waals surface area contributed by atoms with E-state index >= 15 is 0 Å². The van der Waals surface area contributed by atoms with Crippen molar-refractivity contribution in [2.45, 2.75) is 91.0 Å².